The summed E-state index contributed by atoms with van der Waals surface area (Å²) >= 11 is 0. The lowest BCUT2D eigenvalue weighted by molar-refractivity contribution is -0.133. The summed E-state index contributed by atoms with van der Waals surface area (Å²) in [4.78, 5) is 40.4. The number of nitrogens with zero attached hydrogens (tertiary/aromatic N) is 2. The van der Waals surface area contributed by atoms with Gasteiger partial charge in [-0.2, -0.15) is 0 Å². The smallest absolute Gasteiger partial charge is 0.325 e. The highest BCUT2D eigenvalue weighted by Gasteiger charge is 2.52. The van der Waals surface area contributed by atoms with E-state index in [0.29, 0.717) is 19.4 Å². The van der Waals surface area contributed by atoms with Crippen molar-refractivity contribution >= 4 is 28.6 Å². The van der Waals surface area contributed by atoms with Crippen molar-refractivity contribution in [2.75, 3.05) is 20.7 Å². The molecular formula is C23H27N3O4. The second-order valence-corrected chi connectivity index (χ2v) is 8.22. The Morgan fingerprint density at radius 3 is 2.57 bits per heavy atom. The number of hydrogen-bond donors (Lipinski definition) is 1. The summed E-state index contributed by atoms with van der Waals surface area (Å²) in [6.45, 7) is 0.581. The van der Waals surface area contributed by atoms with Gasteiger partial charge in [0.1, 0.15) is 11.3 Å². The van der Waals surface area contributed by atoms with E-state index in [1.807, 2.05) is 30.3 Å². The van der Waals surface area contributed by atoms with Crippen molar-refractivity contribution in [3.8, 4) is 5.75 Å². The molecule has 1 heterocycles. The number of imide groups is 1. The molecule has 1 spiro atoms. The molecule has 0 atom stereocenters. The first-order valence-corrected chi connectivity index (χ1v) is 10.4. The molecule has 30 heavy (non-hydrogen) atoms. The second-order valence-electron chi connectivity index (χ2n) is 8.22. The molecule has 2 fully saturated rings. The fraction of sp³-hybridized carbons (Fsp3) is 0.435. The van der Waals surface area contributed by atoms with Gasteiger partial charge in [0.25, 0.3) is 5.91 Å². The Hall–Kier alpha value is -3.09. The van der Waals surface area contributed by atoms with Gasteiger partial charge >= 0.3 is 6.03 Å². The molecule has 2 aliphatic rings. The predicted molar refractivity (Wildman–Crippen MR) is 113 cm³/mol. The summed E-state index contributed by atoms with van der Waals surface area (Å²) in [5, 5.41) is 5.01. The lowest BCUT2D eigenvalue weighted by Crippen LogP contribution is -2.44. The number of ether oxygens (including phenoxy) is 1. The number of carbonyl (C=O) groups excluding carboxylic acids is 3. The number of fused-ring (bicyclic) bond motifs is 1. The van der Waals surface area contributed by atoms with Gasteiger partial charge in [0.05, 0.1) is 7.11 Å². The van der Waals surface area contributed by atoms with Crippen molar-refractivity contribution in [1.29, 1.82) is 0 Å². The lowest BCUT2D eigenvalue weighted by Gasteiger charge is -2.21. The Bertz CT molecular complexity index is 997. The SMILES string of the molecule is COc1ccc2cc(CN(C)C(=O)CCN3C(=O)NC4(CCCC4)C3=O)ccc2c1. The van der Waals surface area contributed by atoms with Crippen molar-refractivity contribution in [2.24, 2.45) is 0 Å². The molecule has 0 bridgehead atoms. The number of urea groups is 1. The van der Waals surface area contributed by atoms with Crippen LogP contribution in [0.15, 0.2) is 36.4 Å². The Morgan fingerprint density at radius 1 is 1.13 bits per heavy atom. The molecular weight excluding hydrogens is 382 g/mol. The molecule has 7 nitrogen and oxygen atoms in total. The van der Waals surface area contributed by atoms with Gasteiger partial charge in [0.15, 0.2) is 0 Å². The van der Waals surface area contributed by atoms with Crippen molar-refractivity contribution in [3.05, 3.63) is 42.0 Å². The largest absolute Gasteiger partial charge is 0.497 e. The van der Waals surface area contributed by atoms with Crippen LogP contribution >= 0.6 is 0 Å². The van der Waals surface area contributed by atoms with E-state index < -0.39 is 5.54 Å². The second kappa shape index (κ2) is 7.97. The number of methoxy groups -OCH3 is 1. The highest BCUT2D eigenvalue weighted by atomic mass is 16.5. The van der Waals surface area contributed by atoms with Gasteiger partial charge in [0, 0.05) is 26.6 Å². The van der Waals surface area contributed by atoms with Crippen LogP contribution in [0.1, 0.15) is 37.7 Å². The molecule has 0 radical (unpaired) electrons. The highest BCUT2D eigenvalue weighted by Crippen LogP contribution is 2.35. The average molecular weight is 409 g/mol. The molecule has 158 valence electrons. The highest BCUT2D eigenvalue weighted by molar-refractivity contribution is 6.07. The van der Waals surface area contributed by atoms with E-state index in [9.17, 15) is 14.4 Å². The molecule has 0 aromatic heterocycles. The van der Waals surface area contributed by atoms with Gasteiger partial charge in [-0.25, -0.2) is 4.79 Å². The zero-order valence-corrected chi connectivity index (χ0v) is 17.4. The molecule has 1 saturated carbocycles. The van der Waals surface area contributed by atoms with E-state index in [-0.39, 0.29) is 30.8 Å². The molecule has 2 aromatic carbocycles. The van der Waals surface area contributed by atoms with Crippen LogP contribution in [0.3, 0.4) is 0 Å². The number of amides is 4. The molecule has 1 aliphatic heterocycles. The normalized spacial score (nSPS) is 17.6. The Kier molecular flexibility index (Phi) is 5.37. The molecule has 0 unspecified atom stereocenters. The van der Waals surface area contributed by atoms with Gasteiger partial charge < -0.3 is 15.0 Å². The van der Waals surface area contributed by atoms with Crippen LogP contribution in [0.5, 0.6) is 5.75 Å². The maximum atomic E-state index is 12.7. The standard InChI is InChI=1S/C23H27N3O4/c1-25(15-16-5-6-18-14-19(30-2)8-7-17(18)13-16)20(27)9-12-26-21(28)23(24-22(26)29)10-3-4-11-23/h5-8,13-14H,3-4,9-12,15H2,1-2H3,(H,24,29). The molecule has 1 saturated heterocycles. The molecule has 7 heteroatoms. The number of nitrogens with one attached hydrogen (secondary N) is 1. The predicted octanol–water partition coefficient (Wildman–Crippen LogP) is 3.06. The number of rotatable bonds is 6. The van der Waals surface area contributed by atoms with Crippen LogP contribution < -0.4 is 10.1 Å². The van der Waals surface area contributed by atoms with E-state index in [0.717, 1.165) is 34.9 Å². The first-order valence-electron chi connectivity index (χ1n) is 10.4. The van der Waals surface area contributed by atoms with Crippen LogP contribution in [0, 0.1) is 0 Å². The van der Waals surface area contributed by atoms with Crippen molar-refractivity contribution in [1.82, 2.24) is 15.1 Å². The third kappa shape index (κ3) is 3.72. The average Bonchev–Trinajstić information content (AvgIpc) is 3.30. The maximum absolute atomic E-state index is 12.7. The van der Waals surface area contributed by atoms with E-state index in [1.165, 1.54) is 4.90 Å². The van der Waals surface area contributed by atoms with Crippen molar-refractivity contribution in [3.63, 3.8) is 0 Å². The van der Waals surface area contributed by atoms with Gasteiger partial charge in [0.2, 0.25) is 5.91 Å². The first-order chi connectivity index (χ1) is 14.4. The van der Waals surface area contributed by atoms with Crippen LogP contribution in [0.2, 0.25) is 0 Å². The van der Waals surface area contributed by atoms with E-state index in [1.54, 1.807) is 19.1 Å². The van der Waals surface area contributed by atoms with E-state index in [4.69, 9.17) is 4.74 Å². The number of hydrogen-bond acceptors (Lipinski definition) is 4. The summed E-state index contributed by atoms with van der Waals surface area (Å²) in [6, 6.07) is 11.6. The fourth-order valence-corrected chi connectivity index (χ4v) is 4.46. The molecule has 1 N–H and O–H groups in total. The van der Waals surface area contributed by atoms with Gasteiger partial charge in [-0.05, 0) is 47.4 Å². The van der Waals surface area contributed by atoms with Crippen molar-refractivity contribution < 1.29 is 19.1 Å². The van der Waals surface area contributed by atoms with Crippen LogP contribution in [-0.2, 0) is 16.1 Å². The monoisotopic (exact) mass is 409 g/mol. The Balaban J connectivity index is 1.35. The van der Waals surface area contributed by atoms with E-state index >= 15 is 0 Å². The molecule has 4 amide bonds. The topological polar surface area (TPSA) is 79.0 Å². The van der Waals surface area contributed by atoms with E-state index in [2.05, 4.69) is 11.4 Å². The number of benzene rings is 2. The summed E-state index contributed by atoms with van der Waals surface area (Å²) in [5.41, 5.74) is 0.295. The third-order valence-corrected chi connectivity index (χ3v) is 6.21. The van der Waals surface area contributed by atoms with Gasteiger partial charge in [-0.1, -0.05) is 31.0 Å². The zero-order valence-electron chi connectivity index (χ0n) is 17.4. The molecule has 1 aliphatic carbocycles. The quantitative estimate of drug-likeness (QED) is 0.744. The minimum Gasteiger partial charge on any atom is -0.497 e. The van der Waals surface area contributed by atoms with Crippen LogP contribution in [-0.4, -0.2) is 53.9 Å². The fourth-order valence-electron chi connectivity index (χ4n) is 4.46. The lowest BCUT2D eigenvalue weighted by atomic mass is 9.98. The van der Waals surface area contributed by atoms with Crippen LogP contribution in [0.4, 0.5) is 4.79 Å². The molecule has 2 aromatic rings. The first kappa shape index (κ1) is 20.2. The molecule has 4 rings (SSSR count). The Labute approximate surface area is 176 Å². The van der Waals surface area contributed by atoms with Gasteiger partial charge in [-0.3, -0.25) is 14.5 Å². The van der Waals surface area contributed by atoms with Crippen molar-refractivity contribution in [2.45, 2.75) is 44.2 Å². The summed E-state index contributed by atoms with van der Waals surface area (Å²) < 4.78 is 5.25. The van der Waals surface area contributed by atoms with Gasteiger partial charge in [-0.15, -0.1) is 0 Å². The third-order valence-electron chi connectivity index (χ3n) is 6.21. The zero-order chi connectivity index (χ0) is 21.3. The minimum atomic E-state index is -0.722. The summed E-state index contributed by atoms with van der Waals surface area (Å²) in [7, 11) is 3.38. The minimum absolute atomic E-state index is 0.0993. The number of carbonyl (C=O) groups is 3. The Morgan fingerprint density at radius 2 is 1.83 bits per heavy atom. The summed E-state index contributed by atoms with van der Waals surface area (Å²) in [5.74, 6) is 0.533. The van der Waals surface area contributed by atoms with Crippen LogP contribution in [0.25, 0.3) is 10.8 Å². The maximum Gasteiger partial charge on any atom is 0.325 e. The summed E-state index contributed by atoms with van der Waals surface area (Å²) in [6.07, 6.45) is 3.39.